The zero-order chi connectivity index (χ0) is 15.4. The van der Waals surface area contributed by atoms with Crippen molar-refractivity contribution in [2.75, 3.05) is 43.9 Å². The molecule has 1 atom stereocenters. The van der Waals surface area contributed by atoms with E-state index in [-0.39, 0.29) is 0 Å². The van der Waals surface area contributed by atoms with E-state index >= 15 is 0 Å². The predicted octanol–water partition coefficient (Wildman–Crippen LogP) is 1.56. The maximum atomic E-state index is 4.69. The van der Waals surface area contributed by atoms with Crippen LogP contribution in [0.3, 0.4) is 0 Å². The van der Waals surface area contributed by atoms with Crippen molar-refractivity contribution in [3.63, 3.8) is 0 Å². The summed E-state index contributed by atoms with van der Waals surface area (Å²) in [5, 5.41) is 11.2. The van der Waals surface area contributed by atoms with E-state index in [1.807, 2.05) is 6.92 Å². The molecule has 0 aliphatic carbocycles. The van der Waals surface area contributed by atoms with Gasteiger partial charge in [0.2, 0.25) is 5.95 Å². The Morgan fingerprint density at radius 3 is 2.67 bits per heavy atom. The molecule has 0 saturated heterocycles. The number of anilines is 2. The Bertz CT molecular complexity index is 578. The highest BCUT2D eigenvalue weighted by atomic mass is 15.3. The van der Waals surface area contributed by atoms with E-state index in [1.165, 1.54) is 0 Å². The van der Waals surface area contributed by atoms with Gasteiger partial charge in [0.05, 0.1) is 11.6 Å². The Hall–Kier alpha value is -1.89. The van der Waals surface area contributed by atoms with Gasteiger partial charge < -0.3 is 15.1 Å². The summed E-state index contributed by atoms with van der Waals surface area (Å²) in [5.74, 6) is 1.57. The molecule has 0 aliphatic heterocycles. The number of hydrogen-bond acceptors (Lipinski definition) is 6. The Kier molecular flexibility index (Phi) is 4.95. The highest BCUT2D eigenvalue weighted by Gasteiger charge is 2.19. The average molecular weight is 291 g/mol. The Morgan fingerprint density at radius 1 is 1.29 bits per heavy atom. The van der Waals surface area contributed by atoms with Crippen LogP contribution in [0.15, 0.2) is 6.20 Å². The van der Waals surface area contributed by atoms with Crippen LogP contribution in [-0.4, -0.2) is 64.8 Å². The van der Waals surface area contributed by atoms with Gasteiger partial charge >= 0.3 is 0 Å². The first-order chi connectivity index (χ1) is 10.1. The van der Waals surface area contributed by atoms with Crippen LogP contribution in [0.25, 0.3) is 11.0 Å². The van der Waals surface area contributed by atoms with E-state index in [0.29, 0.717) is 12.0 Å². The molecule has 2 aromatic rings. The van der Waals surface area contributed by atoms with Crippen LogP contribution in [0.5, 0.6) is 0 Å². The number of H-pyrrole nitrogens is 1. The monoisotopic (exact) mass is 291 g/mol. The van der Waals surface area contributed by atoms with E-state index < -0.39 is 0 Å². The first kappa shape index (κ1) is 15.5. The van der Waals surface area contributed by atoms with Gasteiger partial charge in [-0.25, -0.2) is 0 Å². The number of aromatic amines is 1. The van der Waals surface area contributed by atoms with Crippen LogP contribution in [0.2, 0.25) is 0 Å². The lowest BCUT2D eigenvalue weighted by atomic mass is 10.2. The number of hydrogen-bond donors (Lipinski definition) is 2. The van der Waals surface area contributed by atoms with Crippen LogP contribution < -0.4 is 10.2 Å². The molecular formula is C14H25N7. The molecule has 0 amide bonds. The van der Waals surface area contributed by atoms with E-state index in [4.69, 9.17) is 0 Å². The van der Waals surface area contributed by atoms with E-state index in [9.17, 15) is 0 Å². The van der Waals surface area contributed by atoms with E-state index in [2.05, 4.69) is 63.2 Å². The predicted molar refractivity (Wildman–Crippen MR) is 86.9 cm³/mol. The van der Waals surface area contributed by atoms with Crippen molar-refractivity contribution in [1.29, 1.82) is 0 Å². The summed E-state index contributed by atoms with van der Waals surface area (Å²) in [7, 11) is 4.17. The molecule has 2 aromatic heterocycles. The van der Waals surface area contributed by atoms with Gasteiger partial charge in [0, 0.05) is 25.7 Å². The standard InChI is InChI=1S/C14H25N7/c1-6-15-14-17-12-11(8-16-19-12)13(18-14)21(7-2)10(3)9-20(4)5/h8,10H,6-7,9H2,1-5H3,(H2,15,16,17,18,19). The lowest BCUT2D eigenvalue weighted by Gasteiger charge is -2.31. The minimum absolute atomic E-state index is 0.354. The number of aromatic nitrogens is 4. The van der Waals surface area contributed by atoms with Crippen LogP contribution >= 0.6 is 0 Å². The van der Waals surface area contributed by atoms with Crippen molar-refractivity contribution in [3.8, 4) is 0 Å². The number of rotatable bonds is 7. The second-order valence-corrected chi connectivity index (χ2v) is 5.43. The van der Waals surface area contributed by atoms with Crippen molar-refractivity contribution < 1.29 is 0 Å². The molecule has 2 N–H and O–H groups in total. The molecule has 0 aliphatic rings. The molecule has 7 nitrogen and oxygen atoms in total. The molecule has 21 heavy (non-hydrogen) atoms. The zero-order valence-corrected chi connectivity index (χ0v) is 13.5. The molecule has 0 aromatic carbocycles. The Labute approximate surface area is 125 Å². The molecule has 0 radical (unpaired) electrons. The Morgan fingerprint density at radius 2 is 2.05 bits per heavy atom. The average Bonchev–Trinajstić information content (AvgIpc) is 2.87. The minimum atomic E-state index is 0.354. The summed E-state index contributed by atoms with van der Waals surface area (Å²) in [5.41, 5.74) is 0.770. The molecule has 1 unspecified atom stereocenters. The van der Waals surface area contributed by atoms with Crippen molar-refractivity contribution in [2.45, 2.75) is 26.8 Å². The van der Waals surface area contributed by atoms with Crippen molar-refractivity contribution in [2.24, 2.45) is 0 Å². The fourth-order valence-corrected chi connectivity index (χ4v) is 2.57. The van der Waals surface area contributed by atoms with Crippen LogP contribution in [0.1, 0.15) is 20.8 Å². The van der Waals surface area contributed by atoms with Gasteiger partial charge in [-0.05, 0) is 34.9 Å². The zero-order valence-electron chi connectivity index (χ0n) is 13.5. The van der Waals surface area contributed by atoms with Crippen molar-refractivity contribution >= 4 is 22.8 Å². The van der Waals surface area contributed by atoms with Gasteiger partial charge in [0.1, 0.15) is 5.82 Å². The molecule has 0 saturated carbocycles. The molecule has 2 rings (SSSR count). The summed E-state index contributed by atoms with van der Waals surface area (Å²) in [6.07, 6.45) is 1.80. The third-order valence-electron chi connectivity index (χ3n) is 3.40. The molecule has 7 heteroatoms. The SMILES string of the molecule is CCNc1nc(N(CC)C(C)CN(C)C)c2cn[nH]c2n1. The molecule has 116 valence electrons. The van der Waals surface area contributed by atoms with Crippen LogP contribution in [-0.2, 0) is 0 Å². The molecular weight excluding hydrogens is 266 g/mol. The third-order valence-corrected chi connectivity index (χ3v) is 3.40. The summed E-state index contributed by atoms with van der Waals surface area (Å²) in [4.78, 5) is 13.6. The molecule has 0 fully saturated rings. The third kappa shape index (κ3) is 3.41. The smallest absolute Gasteiger partial charge is 0.226 e. The van der Waals surface area contributed by atoms with Gasteiger partial charge in [0.15, 0.2) is 5.65 Å². The number of nitrogens with zero attached hydrogens (tertiary/aromatic N) is 5. The van der Waals surface area contributed by atoms with Gasteiger partial charge in [-0.1, -0.05) is 0 Å². The van der Waals surface area contributed by atoms with Crippen molar-refractivity contribution in [3.05, 3.63) is 6.20 Å². The van der Waals surface area contributed by atoms with E-state index in [0.717, 1.165) is 36.5 Å². The van der Waals surface area contributed by atoms with Gasteiger partial charge in [-0.3, -0.25) is 5.10 Å². The summed E-state index contributed by atoms with van der Waals surface area (Å²) >= 11 is 0. The summed E-state index contributed by atoms with van der Waals surface area (Å²) in [6.45, 7) is 9.04. The van der Waals surface area contributed by atoms with Crippen LogP contribution in [0, 0.1) is 0 Å². The fraction of sp³-hybridized carbons (Fsp3) is 0.643. The van der Waals surface area contributed by atoms with Crippen molar-refractivity contribution in [1.82, 2.24) is 25.1 Å². The molecule has 0 bridgehead atoms. The largest absolute Gasteiger partial charge is 0.354 e. The lowest BCUT2D eigenvalue weighted by molar-refractivity contribution is 0.372. The number of fused-ring (bicyclic) bond motifs is 1. The number of likely N-dealkylation sites (N-methyl/N-ethyl adjacent to an activating group) is 2. The van der Waals surface area contributed by atoms with E-state index in [1.54, 1.807) is 6.20 Å². The minimum Gasteiger partial charge on any atom is -0.354 e. The quantitative estimate of drug-likeness (QED) is 0.806. The lowest BCUT2D eigenvalue weighted by Crippen LogP contribution is -2.40. The van der Waals surface area contributed by atoms with Crippen LogP contribution in [0.4, 0.5) is 11.8 Å². The normalized spacial score (nSPS) is 12.9. The maximum Gasteiger partial charge on any atom is 0.226 e. The molecule has 2 heterocycles. The molecule has 0 spiro atoms. The van der Waals surface area contributed by atoms with Gasteiger partial charge in [0.25, 0.3) is 0 Å². The van der Waals surface area contributed by atoms with Gasteiger partial charge in [-0.2, -0.15) is 15.1 Å². The maximum absolute atomic E-state index is 4.69. The Balaban J connectivity index is 2.43. The summed E-state index contributed by atoms with van der Waals surface area (Å²) < 4.78 is 0. The first-order valence-electron chi connectivity index (χ1n) is 7.43. The van der Waals surface area contributed by atoms with Gasteiger partial charge in [-0.15, -0.1) is 0 Å². The second-order valence-electron chi connectivity index (χ2n) is 5.43. The highest BCUT2D eigenvalue weighted by Crippen LogP contribution is 2.25. The number of nitrogens with one attached hydrogen (secondary N) is 2. The topological polar surface area (TPSA) is 73.0 Å². The highest BCUT2D eigenvalue weighted by molar-refractivity contribution is 5.87. The first-order valence-corrected chi connectivity index (χ1v) is 7.43. The fourth-order valence-electron chi connectivity index (χ4n) is 2.57. The second kappa shape index (κ2) is 6.71. The summed E-state index contributed by atoms with van der Waals surface area (Å²) in [6, 6.07) is 0.354.